The van der Waals surface area contributed by atoms with Crippen LogP contribution in [0.5, 0.6) is 0 Å². The van der Waals surface area contributed by atoms with Gasteiger partial charge in [0.05, 0.1) is 23.7 Å². The molecule has 1 rings (SSSR count). The van der Waals surface area contributed by atoms with Gasteiger partial charge in [0, 0.05) is 26.9 Å². The van der Waals surface area contributed by atoms with Crippen LogP contribution in [0.2, 0.25) is 0 Å². The van der Waals surface area contributed by atoms with Crippen molar-refractivity contribution >= 4 is 17.5 Å². The summed E-state index contributed by atoms with van der Waals surface area (Å²) in [4.78, 5) is 11.5. The Hall–Kier alpha value is -1.07. The first-order valence-electron chi connectivity index (χ1n) is 4.53. The Morgan fingerprint density at radius 3 is 3.07 bits per heavy atom. The quantitative estimate of drug-likeness (QED) is 0.747. The molecule has 6 heteroatoms. The molecule has 0 saturated carbocycles. The number of methoxy groups -OCH3 is 1. The van der Waals surface area contributed by atoms with Crippen molar-refractivity contribution in [3.8, 4) is 0 Å². The average Bonchev–Trinajstić information content (AvgIpc) is 2.62. The molecule has 0 aliphatic heterocycles. The fourth-order valence-corrected chi connectivity index (χ4v) is 1.29. The van der Waals surface area contributed by atoms with Gasteiger partial charge in [-0.2, -0.15) is 5.10 Å². The van der Waals surface area contributed by atoms with Crippen LogP contribution in [0.15, 0.2) is 12.4 Å². The molecule has 0 bridgehead atoms. The van der Waals surface area contributed by atoms with Crippen LogP contribution in [-0.2, 0) is 11.8 Å². The molecule has 1 heterocycles. The van der Waals surface area contributed by atoms with Crippen LogP contribution < -0.4 is 5.32 Å². The standard InChI is InChI=1S/C9H14ClN3O2/c1-13-5-7(3-12-13)9(14)11-4-8(10)6-15-2/h3,5,8H,4,6H2,1-2H3,(H,11,14). The first-order chi connectivity index (χ1) is 7.13. The van der Waals surface area contributed by atoms with Gasteiger partial charge in [-0.05, 0) is 0 Å². The number of halogens is 1. The third kappa shape index (κ3) is 3.89. The van der Waals surface area contributed by atoms with E-state index in [0.717, 1.165) is 0 Å². The number of aromatic nitrogens is 2. The number of ether oxygens (including phenoxy) is 1. The number of alkyl halides is 1. The lowest BCUT2D eigenvalue weighted by Gasteiger charge is -2.08. The lowest BCUT2D eigenvalue weighted by molar-refractivity contribution is 0.0949. The largest absolute Gasteiger partial charge is 0.383 e. The van der Waals surface area contributed by atoms with Crippen molar-refractivity contribution in [3.63, 3.8) is 0 Å². The summed E-state index contributed by atoms with van der Waals surface area (Å²) in [7, 11) is 3.32. The zero-order valence-corrected chi connectivity index (χ0v) is 9.49. The van der Waals surface area contributed by atoms with E-state index in [9.17, 15) is 4.79 Å². The second-order valence-corrected chi connectivity index (χ2v) is 3.78. The minimum Gasteiger partial charge on any atom is -0.383 e. The molecular formula is C9H14ClN3O2. The zero-order valence-electron chi connectivity index (χ0n) is 8.74. The van der Waals surface area contributed by atoms with E-state index >= 15 is 0 Å². The fraction of sp³-hybridized carbons (Fsp3) is 0.556. The molecule has 1 N–H and O–H groups in total. The molecule has 0 fully saturated rings. The first-order valence-corrected chi connectivity index (χ1v) is 4.97. The summed E-state index contributed by atoms with van der Waals surface area (Å²) >= 11 is 5.86. The zero-order chi connectivity index (χ0) is 11.3. The summed E-state index contributed by atoms with van der Waals surface area (Å²) in [6, 6.07) is 0. The SMILES string of the molecule is COCC(Cl)CNC(=O)c1cnn(C)c1. The van der Waals surface area contributed by atoms with Crippen molar-refractivity contribution in [2.45, 2.75) is 5.38 Å². The monoisotopic (exact) mass is 231 g/mol. The van der Waals surface area contributed by atoms with Crippen LogP contribution in [0.3, 0.4) is 0 Å². The molecule has 0 aliphatic rings. The van der Waals surface area contributed by atoms with Crippen molar-refractivity contribution in [2.24, 2.45) is 7.05 Å². The maximum atomic E-state index is 11.5. The van der Waals surface area contributed by atoms with E-state index < -0.39 is 0 Å². The van der Waals surface area contributed by atoms with E-state index in [-0.39, 0.29) is 11.3 Å². The molecule has 0 radical (unpaired) electrons. The lowest BCUT2D eigenvalue weighted by atomic mass is 10.3. The average molecular weight is 232 g/mol. The molecule has 1 atom stereocenters. The van der Waals surface area contributed by atoms with Gasteiger partial charge in [0.1, 0.15) is 0 Å². The maximum absolute atomic E-state index is 11.5. The van der Waals surface area contributed by atoms with Gasteiger partial charge in [-0.25, -0.2) is 0 Å². The van der Waals surface area contributed by atoms with E-state index in [1.54, 1.807) is 25.0 Å². The van der Waals surface area contributed by atoms with E-state index in [1.165, 1.54) is 6.20 Å². The number of carbonyl (C=O) groups excluding carboxylic acids is 1. The molecule has 0 aliphatic carbocycles. The van der Waals surface area contributed by atoms with Gasteiger partial charge >= 0.3 is 0 Å². The number of rotatable bonds is 5. The number of amides is 1. The van der Waals surface area contributed by atoms with Gasteiger partial charge in [0.15, 0.2) is 0 Å². The second-order valence-electron chi connectivity index (χ2n) is 3.17. The second kappa shape index (κ2) is 5.72. The summed E-state index contributed by atoms with van der Waals surface area (Å²) in [5.74, 6) is -0.176. The number of hydrogen-bond donors (Lipinski definition) is 1. The van der Waals surface area contributed by atoms with Crippen LogP contribution in [0.25, 0.3) is 0 Å². The van der Waals surface area contributed by atoms with Crippen molar-refractivity contribution in [1.82, 2.24) is 15.1 Å². The first kappa shape index (κ1) is 12.0. The molecule has 0 aromatic carbocycles. The van der Waals surface area contributed by atoms with E-state index in [2.05, 4.69) is 10.4 Å². The molecule has 1 aromatic rings. The predicted octanol–water partition coefficient (Wildman–Crippen LogP) is 0.404. The number of carbonyl (C=O) groups is 1. The Kier molecular flexibility index (Phi) is 4.58. The molecule has 15 heavy (non-hydrogen) atoms. The Bertz CT molecular complexity index is 327. The molecule has 84 valence electrons. The summed E-state index contributed by atoms with van der Waals surface area (Å²) < 4.78 is 6.42. The fourth-order valence-electron chi connectivity index (χ4n) is 1.08. The van der Waals surface area contributed by atoms with Crippen LogP contribution in [0, 0.1) is 0 Å². The highest BCUT2D eigenvalue weighted by Crippen LogP contribution is 1.98. The molecule has 0 spiro atoms. The Morgan fingerprint density at radius 1 is 1.80 bits per heavy atom. The number of nitrogens with zero attached hydrogens (tertiary/aromatic N) is 2. The van der Waals surface area contributed by atoms with E-state index in [4.69, 9.17) is 16.3 Å². The highest BCUT2D eigenvalue weighted by atomic mass is 35.5. The minimum atomic E-state index is -0.212. The normalized spacial score (nSPS) is 12.5. The highest BCUT2D eigenvalue weighted by Gasteiger charge is 2.10. The van der Waals surface area contributed by atoms with Gasteiger partial charge in [0.25, 0.3) is 5.91 Å². The van der Waals surface area contributed by atoms with Gasteiger partial charge in [-0.15, -0.1) is 11.6 Å². The highest BCUT2D eigenvalue weighted by molar-refractivity contribution is 6.21. The topological polar surface area (TPSA) is 56.1 Å². The minimum absolute atomic E-state index is 0.176. The molecule has 1 amide bonds. The van der Waals surface area contributed by atoms with Gasteiger partial charge in [-0.3, -0.25) is 9.48 Å². The van der Waals surface area contributed by atoms with E-state index in [1.807, 2.05) is 0 Å². The van der Waals surface area contributed by atoms with Crippen molar-refractivity contribution < 1.29 is 9.53 Å². The van der Waals surface area contributed by atoms with Crippen LogP contribution >= 0.6 is 11.6 Å². The molecule has 1 aromatic heterocycles. The van der Waals surface area contributed by atoms with Crippen molar-refractivity contribution in [3.05, 3.63) is 18.0 Å². The summed E-state index contributed by atoms with van der Waals surface area (Å²) in [5, 5.41) is 6.38. The Morgan fingerprint density at radius 2 is 2.53 bits per heavy atom. The summed E-state index contributed by atoms with van der Waals surface area (Å²) in [6.45, 7) is 0.790. The van der Waals surface area contributed by atoms with Crippen LogP contribution in [-0.4, -0.2) is 41.3 Å². The third-order valence-corrected chi connectivity index (χ3v) is 2.08. The Labute approximate surface area is 93.4 Å². The predicted molar refractivity (Wildman–Crippen MR) is 57.1 cm³/mol. The number of nitrogens with one attached hydrogen (secondary N) is 1. The van der Waals surface area contributed by atoms with Crippen LogP contribution in [0.4, 0.5) is 0 Å². The van der Waals surface area contributed by atoms with Gasteiger partial charge in [-0.1, -0.05) is 0 Å². The lowest BCUT2D eigenvalue weighted by Crippen LogP contribution is -2.31. The summed E-state index contributed by atoms with van der Waals surface area (Å²) in [5.41, 5.74) is 0.527. The molecule has 1 unspecified atom stereocenters. The number of hydrogen-bond acceptors (Lipinski definition) is 3. The smallest absolute Gasteiger partial charge is 0.254 e. The molecule has 5 nitrogen and oxygen atoms in total. The Balaban J connectivity index is 2.36. The van der Waals surface area contributed by atoms with Crippen molar-refractivity contribution in [1.29, 1.82) is 0 Å². The third-order valence-electron chi connectivity index (χ3n) is 1.80. The van der Waals surface area contributed by atoms with Gasteiger partial charge < -0.3 is 10.1 Å². The van der Waals surface area contributed by atoms with Crippen LogP contribution in [0.1, 0.15) is 10.4 Å². The summed E-state index contributed by atoms with van der Waals surface area (Å²) in [6.07, 6.45) is 3.16. The molecule has 0 saturated heterocycles. The number of aryl methyl sites for hydroxylation is 1. The maximum Gasteiger partial charge on any atom is 0.254 e. The molecular weight excluding hydrogens is 218 g/mol. The van der Waals surface area contributed by atoms with Crippen molar-refractivity contribution in [2.75, 3.05) is 20.3 Å². The van der Waals surface area contributed by atoms with E-state index in [0.29, 0.717) is 18.7 Å². The van der Waals surface area contributed by atoms with Gasteiger partial charge in [0.2, 0.25) is 0 Å².